The lowest BCUT2D eigenvalue weighted by Gasteiger charge is -2.08. The van der Waals surface area contributed by atoms with Crippen LogP contribution in [0.1, 0.15) is 10.4 Å². The third-order valence-electron chi connectivity index (χ3n) is 2.12. The molecule has 0 aromatic carbocycles. The molecule has 0 aliphatic rings. The van der Waals surface area contributed by atoms with Crippen LogP contribution in [0.5, 0.6) is 0 Å². The summed E-state index contributed by atoms with van der Waals surface area (Å²) in [4.78, 5) is 1.38. The first-order valence-corrected chi connectivity index (χ1v) is 6.46. The number of thiophene rings is 2. The highest BCUT2D eigenvalue weighted by atomic mass is 32.1. The van der Waals surface area contributed by atoms with E-state index in [0.29, 0.717) is 0 Å². The maximum Gasteiger partial charge on any atom is 0.0128 e. The van der Waals surface area contributed by atoms with Gasteiger partial charge in [-0.05, 0) is 46.7 Å². The van der Waals surface area contributed by atoms with E-state index in [1.165, 1.54) is 10.4 Å². The van der Waals surface area contributed by atoms with Gasteiger partial charge in [0.15, 0.2) is 0 Å². The zero-order valence-corrected chi connectivity index (χ0v) is 9.48. The van der Waals surface area contributed by atoms with E-state index >= 15 is 0 Å². The molecule has 1 atom stereocenters. The van der Waals surface area contributed by atoms with E-state index in [4.69, 9.17) is 5.73 Å². The maximum atomic E-state index is 6.07. The molecule has 74 valence electrons. The van der Waals surface area contributed by atoms with E-state index in [1.54, 1.807) is 22.7 Å². The molecule has 0 saturated heterocycles. The molecule has 2 aromatic heterocycles. The first-order valence-electron chi connectivity index (χ1n) is 4.63. The number of hydrogen-bond donors (Lipinski definition) is 1. The van der Waals surface area contributed by atoms with E-state index in [1.807, 2.05) is 0 Å². The molecule has 0 aliphatic carbocycles. The van der Waals surface area contributed by atoms with Crippen LogP contribution in [-0.4, -0.2) is 6.04 Å². The lowest BCUT2D eigenvalue weighted by atomic mass is 10.1. The highest BCUT2D eigenvalue weighted by Crippen LogP contribution is 2.14. The third-order valence-corrected chi connectivity index (χ3v) is 3.75. The quantitative estimate of drug-likeness (QED) is 0.847. The Labute approximate surface area is 92.2 Å². The highest BCUT2D eigenvalue weighted by Gasteiger charge is 2.06. The van der Waals surface area contributed by atoms with Crippen LogP contribution in [0, 0.1) is 0 Å². The van der Waals surface area contributed by atoms with Crippen LogP contribution in [0.25, 0.3) is 0 Å². The van der Waals surface area contributed by atoms with Crippen molar-refractivity contribution < 1.29 is 0 Å². The molecule has 0 radical (unpaired) electrons. The van der Waals surface area contributed by atoms with E-state index in [9.17, 15) is 0 Å². The molecule has 14 heavy (non-hydrogen) atoms. The van der Waals surface area contributed by atoms with E-state index in [-0.39, 0.29) is 6.04 Å². The highest BCUT2D eigenvalue weighted by molar-refractivity contribution is 7.09. The van der Waals surface area contributed by atoms with Gasteiger partial charge in [0.1, 0.15) is 0 Å². The van der Waals surface area contributed by atoms with Crippen LogP contribution in [0.4, 0.5) is 0 Å². The molecule has 1 nitrogen and oxygen atoms in total. The molecule has 0 bridgehead atoms. The van der Waals surface area contributed by atoms with Crippen molar-refractivity contribution in [3.63, 3.8) is 0 Å². The summed E-state index contributed by atoms with van der Waals surface area (Å²) in [5.74, 6) is 0. The smallest absolute Gasteiger partial charge is 0.0128 e. The fourth-order valence-corrected chi connectivity index (χ4v) is 2.95. The van der Waals surface area contributed by atoms with Crippen molar-refractivity contribution in [3.8, 4) is 0 Å². The Morgan fingerprint density at radius 2 is 2.14 bits per heavy atom. The Morgan fingerprint density at radius 3 is 2.79 bits per heavy atom. The van der Waals surface area contributed by atoms with Crippen molar-refractivity contribution in [1.82, 2.24) is 0 Å². The van der Waals surface area contributed by atoms with E-state index in [2.05, 4.69) is 34.3 Å². The van der Waals surface area contributed by atoms with Crippen LogP contribution in [-0.2, 0) is 12.8 Å². The van der Waals surface area contributed by atoms with Crippen LogP contribution < -0.4 is 5.73 Å². The molecule has 0 saturated carbocycles. The Balaban J connectivity index is 1.88. The van der Waals surface area contributed by atoms with Gasteiger partial charge in [0, 0.05) is 10.9 Å². The number of hydrogen-bond acceptors (Lipinski definition) is 3. The Hall–Kier alpha value is -0.640. The number of rotatable bonds is 4. The van der Waals surface area contributed by atoms with Gasteiger partial charge in [-0.3, -0.25) is 0 Å². The molecule has 0 fully saturated rings. The van der Waals surface area contributed by atoms with Gasteiger partial charge in [0.05, 0.1) is 0 Å². The van der Waals surface area contributed by atoms with Gasteiger partial charge in [-0.15, -0.1) is 11.3 Å². The SMILES string of the molecule is NC(Cc1ccsc1)Cc1cccs1. The first-order chi connectivity index (χ1) is 6.84. The standard InChI is InChI=1S/C11H13NS2/c12-10(6-9-3-5-13-8-9)7-11-2-1-4-14-11/h1-5,8,10H,6-7,12H2. The average molecular weight is 223 g/mol. The molecule has 2 rings (SSSR count). The summed E-state index contributed by atoms with van der Waals surface area (Å²) >= 11 is 3.52. The van der Waals surface area contributed by atoms with Gasteiger partial charge in [0.25, 0.3) is 0 Å². The van der Waals surface area contributed by atoms with E-state index < -0.39 is 0 Å². The lowest BCUT2D eigenvalue weighted by Crippen LogP contribution is -2.24. The fraction of sp³-hybridized carbons (Fsp3) is 0.273. The Morgan fingerprint density at radius 1 is 1.21 bits per heavy atom. The van der Waals surface area contributed by atoms with Crippen molar-refractivity contribution in [2.45, 2.75) is 18.9 Å². The number of nitrogens with two attached hydrogens (primary N) is 1. The van der Waals surface area contributed by atoms with Gasteiger partial charge in [-0.2, -0.15) is 11.3 Å². The molecule has 0 spiro atoms. The summed E-state index contributed by atoms with van der Waals surface area (Å²) in [7, 11) is 0. The van der Waals surface area contributed by atoms with Gasteiger partial charge >= 0.3 is 0 Å². The van der Waals surface area contributed by atoms with Gasteiger partial charge in [-0.25, -0.2) is 0 Å². The fourth-order valence-electron chi connectivity index (χ4n) is 1.47. The van der Waals surface area contributed by atoms with Crippen molar-refractivity contribution >= 4 is 22.7 Å². The Bertz CT molecular complexity index is 314. The van der Waals surface area contributed by atoms with Gasteiger partial charge in [-0.1, -0.05) is 6.07 Å². The minimum Gasteiger partial charge on any atom is -0.327 e. The van der Waals surface area contributed by atoms with Crippen molar-refractivity contribution in [3.05, 3.63) is 44.8 Å². The summed E-state index contributed by atoms with van der Waals surface area (Å²) in [5.41, 5.74) is 7.43. The van der Waals surface area contributed by atoms with Crippen LogP contribution in [0.3, 0.4) is 0 Å². The molecule has 0 aliphatic heterocycles. The second-order valence-electron chi connectivity index (χ2n) is 3.38. The van der Waals surface area contributed by atoms with Crippen molar-refractivity contribution in [2.75, 3.05) is 0 Å². The van der Waals surface area contributed by atoms with Gasteiger partial charge in [0.2, 0.25) is 0 Å². The lowest BCUT2D eigenvalue weighted by molar-refractivity contribution is 0.672. The zero-order chi connectivity index (χ0) is 9.80. The van der Waals surface area contributed by atoms with E-state index in [0.717, 1.165) is 12.8 Å². The molecule has 0 amide bonds. The van der Waals surface area contributed by atoms with Crippen LogP contribution in [0.2, 0.25) is 0 Å². The monoisotopic (exact) mass is 223 g/mol. The predicted octanol–water partition coefficient (Wildman–Crippen LogP) is 2.92. The summed E-state index contributed by atoms with van der Waals surface area (Å²) in [6.07, 6.45) is 1.98. The second kappa shape index (κ2) is 4.73. The predicted molar refractivity (Wildman–Crippen MR) is 64.0 cm³/mol. The van der Waals surface area contributed by atoms with Crippen molar-refractivity contribution in [2.24, 2.45) is 5.73 Å². The summed E-state index contributed by atoms with van der Waals surface area (Å²) in [6.45, 7) is 0. The first kappa shape index (κ1) is 9.90. The van der Waals surface area contributed by atoms with Crippen LogP contribution >= 0.6 is 22.7 Å². The molecule has 2 N–H and O–H groups in total. The summed E-state index contributed by atoms with van der Waals surface area (Å²) in [6, 6.07) is 6.64. The molecule has 2 aromatic rings. The third kappa shape index (κ3) is 2.67. The maximum absolute atomic E-state index is 6.07. The Kier molecular flexibility index (Phi) is 3.35. The molecule has 2 heterocycles. The molecule has 1 unspecified atom stereocenters. The topological polar surface area (TPSA) is 26.0 Å². The normalized spacial score (nSPS) is 12.9. The largest absolute Gasteiger partial charge is 0.327 e. The second-order valence-corrected chi connectivity index (χ2v) is 5.19. The molecule has 3 heteroatoms. The summed E-state index contributed by atoms with van der Waals surface area (Å²) < 4.78 is 0. The zero-order valence-electron chi connectivity index (χ0n) is 7.85. The minimum absolute atomic E-state index is 0.253. The minimum atomic E-state index is 0.253. The molecular weight excluding hydrogens is 210 g/mol. The average Bonchev–Trinajstić information content (AvgIpc) is 2.76. The van der Waals surface area contributed by atoms with Gasteiger partial charge < -0.3 is 5.73 Å². The van der Waals surface area contributed by atoms with Crippen molar-refractivity contribution in [1.29, 1.82) is 0 Å². The molecular formula is C11H13NS2. The van der Waals surface area contributed by atoms with Crippen LogP contribution in [0.15, 0.2) is 34.3 Å². The summed E-state index contributed by atoms with van der Waals surface area (Å²) in [5, 5.41) is 6.38.